The van der Waals surface area contributed by atoms with Gasteiger partial charge in [0.25, 0.3) is 11.4 Å². The Labute approximate surface area is 156 Å². The molecule has 2 aromatic carbocycles. The van der Waals surface area contributed by atoms with Crippen molar-refractivity contribution in [2.24, 2.45) is 0 Å². The van der Waals surface area contributed by atoms with Gasteiger partial charge in [-0.25, -0.2) is 0 Å². The molecule has 1 saturated heterocycles. The lowest BCUT2D eigenvalue weighted by Gasteiger charge is -2.28. The largest absolute Gasteiger partial charge is 0.368 e. The van der Waals surface area contributed by atoms with Gasteiger partial charge in [-0.1, -0.05) is 0 Å². The highest BCUT2D eigenvalue weighted by Crippen LogP contribution is 2.22. The average molecular weight is 371 g/mol. The molecule has 0 radical (unpaired) electrons. The lowest BCUT2D eigenvalue weighted by Crippen LogP contribution is -2.36. The van der Waals surface area contributed by atoms with Crippen molar-refractivity contribution in [3.05, 3.63) is 68.8 Å². The zero-order valence-corrected chi connectivity index (χ0v) is 14.8. The molecule has 142 valence electrons. The minimum Gasteiger partial charge on any atom is -0.368 e. The summed E-state index contributed by atoms with van der Waals surface area (Å²) in [5, 5.41) is 25.1. The second kappa shape index (κ2) is 8.45. The van der Waals surface area contributed by atoms with E-state index in [1.165, 1.54) is 24.3 Å². The maximum Gasteiger partial charge on any atom is 0.269 e. The van der Waals surface area contributed by atoms with Crippen LogP contribution in [0.4, 0.5) is 22.7 Å². The van der Waals surface area contributed by atoms with E-state index in [-0.39, 0.29) is 11.4 Å². The van der Waals surface area contributed by atoms with Crippen LogP contribution in [0.3, 0.4) is 0 Å². The normalized spacial score (nSPS) is 15.6. The Hall–Kier alpha value is -3.20. The Morgan fingerprint density at radius 1 is 0.667 bits per heavy atom. The number of nitro benzene ring substituents is 2. The number of hydrogen-bond donors (Lipinski definition) is 1. The third kappa shape index (κ3) is 4.70. The summed E-state index contributed by atoms with van der Waals surface area (Å²) in [6.07, 6.45) is 0. The number of anilines is 2. The summed E-state index contributed by atoms with van der Waals surface area (Å²) in [6.45, 7) is 4.71. The molecule has 1 heterocycles. The van der Waals surface area contributed by atoms with Crippen LogP contribution in [0.15, 0.2) is 48.5 Å². The fourth-order valence-electron chi connectivity index (χ4n) is 3.10. The van der Waals surface area contributed by atoms with Crippen molar-refractivity contribution in [1.82, 2.24) is 5.32 Å². The number of hydrogen-bond acceptors (Lipinski definition) is 7. The highest BCUT2D eigenvalue weighted by Gasteiger charge is 2.15. The maximum absolute atomic E-state index is 10.8. The number of rotatable bonds is 4. The second-order valence-electron chi connectivity index (χ2n) is 6.27. The number of non-ortho nitro benzene ring substituents is 2. The van der Waals surface area contributed by atoms with Gasteiger partial charge in [-0.05, 0) is 24.3 Å². The number of nitrogens with one attached hydrogen (secondary N) is 1. The van der Waals surface area contributed by atoms with Crippen LogP contribution in [0, 0.1) is 20.2 Å². The van der Waals surface area contributed by atoms with Gasteiger partial charge in [-0.2, -0.15) is 0 Å². The molecule has 0 atom stereocenters. The molecular formula is C18H21N5O4. The van der Waals surface area contributed by atoms with Crippen molar-refractivity contribution in [1.29, 1.82) is 0 Å². The van der Waals surface area contributed by atoms with Crippen LogP contribution in [0.5, 0.6) is 0 Å². The minimum atomic E-state index is -0.403. The highest BCUT2D eigenvalue weighted by molar-refractivity contribution is 5.53. The molecule has 0 spiro atoms. The van der Waals surface area contributed by atoms with Crippen LogP contribution in [-0.2, 0) is 0 Å². The maximum atomic E-state index is 10.8. The van der Waals surface area contributed by atoms with Gasteiger partial charge < -0.3 is 15.1 Å². The van der Waals surface area contributed by atoms with E-state index in [9.17, 15) is 20.2 Å². The lowest BCUT2D eigenvalue weighted by atomic mass is 10.2. The van der Waals surface area contributed by atoms with Crippen molar-refractivity contribution >= 4 is 22.7 Å². The van der Waals surface area contributed by atoms with E-state index >= 15 is 0 Å². The molecule has 1 fully saturated rings. The van der Waals surface area contributed by atoms with Crippen molar-refractivity contribution in [2.75, 3.05) is 49.1 Å². The standard InChI is InChI=1S/C18H21N5O4/c24-22(25)17-5-1-15(2-6-17)20-11-9-19-10-12-21(14-13-20)16-3-7-18(8-4-16)23(26)27/h1-8,19H,9-14H2. The molecule has 1 aliphatic rings. The Kier molecular flexibility index (Phi) is 5.82. The molecular weight excluding hydrogens is 350 g/mol. The van der Waals surface area contributed by atoms with E-state index in [1.54, 1.807) is 24.3 Å². The summed E-state index contributed by atoms with van der Waals surface area (Å²) >= 11 is 0. The first-order valence-corrected chi connectivity index (χ1v) is 8.74. The summed E-state index contributed by atoms with van der Waals surface area (Å²) in [6, 6.07) is 13.1. The molecule has 0 aliphatic carbocycles. The van der Waals surface area contributed by atoms with Crippen molar-refractivity contribution < 1.29 is 9.85 Å². The van der Waals surface area contributed by atoms with E-state index in [4.69, 9.17) is 0 Å². The van der Waals surface area contributed by atoms with E-state index < -0.39 is 9.85 Å². The molecule has 0 amide bonds. The molecule has 1 aliphatic heterocycles. The summed E-state index contributed by atoms with van der Waals surface area (Å²) in [4.78, 5) is 25.2. The summed E-state index contributed by atoms with van der Waals surface area (Å²) < 4.78 is 0. The third-order valence-electron chi connectivity index (χ3n) is 4.61. The first kappa shape index (κ1) is 18.6. The van der Waals surface area contributed by atoms with Crippen LogP contribution in [0.1, 0.15) is 0 Å². The van der Waals surface area contributed by atoms with Crippen LogP contribution in [-0.4, -0.2) is 49.1 Å². The molecule has 9 heteroatoms. The van der Waals surface area contributed by atoms with E-state index in [0.29, 0.717) is 0 Å². The van der Waals surface area contributed by atoms with Gasteiger partial charge in [0, 0.05) is 74.9 Å². The van der Waals surface area contributed by atoms with Gasteiger partial charge in [0.05, 0.1) is 9.85 Å². The highest BCUT2D eigenvalue weighted by atomic mass is 16.6. The molecule has 9 nitrogen and oxygen atoms in total. The van der Waals surface area contributed by atoms with Crippen LogP contribution >= 0.6 is 0 Å². The van der Waals surface area contributed by atoms with E-state index in [1.807, 2.05) is 0 Å². The SMILES string of the molecule is O=[N+]([O-])c1ccc(N2CCNCCN(c3ccc([N+](=O)[O-])cc3)CC2)cc1. The quantitative estimate of drug-likeness (QED) is 0.650. The molecule has 2 aromatic rings. The zero-order valence-electron chi connectivity index (χ0n) is 14.8. The predicted octanol–water partition coefficient (Wildman–Crippen LogP) is 2.42. The van der Waals surface area contributed by atoms with Crippen LogP contribution in [0.2, 0.25) is 0 Å². The topological polar surface area (TPSA) is 105 Å². The zero-order chi connectivity index (χ0) is 19.2. The molecule has 0 saturated carbocycles. The monoisotopic (exact) mass is 371 g/mol. The Morgan fingerprint density at radius 3 is 1.37 bits per heavy atom. The van der Waals surface area contributed by atoms with Crippen LogP contribution < -0.4 is 15.1 Å². The van der Waals surface area contributed by atoms with Gasteiger partial charge in [0.15, 0.2) is 0 Å². The molecule has 27 heavy (non-hydrogen) atoms. The fourth-order valence-corrected chi connectivity index (χ4v) is 3.10. The average Bonchev–Trinajstić information content (AvgIpc) is 2.80. The summed E-state index contributed by atoms with van der Waals surface area (Å²) in [7, 11) is 0. The minimum absolute atomic E-state index is 0.0775. The molecule has 0 bridgehead atoms. The Bertz CT molecular complexity index is 727. The van der Waals surface area contributed by atoms with Gasteiger partial charge >= 0.3 is 0 Å². The van der Waals surface area contributed by atoms with Gasteiger partial charge in [-0.15, -0.1) is 0 Å². The van der Waals surface area contributed by atoms with Crippen molar-refractivity contribution in [3.63, 3.8) is 0 Å². The van der Waals surface area contributed by atoms with Crippen LogP contribution in [0.25, 0.3) is 0 Å². The predicted molar refractivity (Wildman–Crippen MR) is 103 cm³/mol. The Morgan fingerprint density at radius 2 is 1.04 bits per heavy atom. The Balaban J connectivity index is 1.73. The number of nitro groups is 2. The van der Waals surface area contributed by atoms with Gasteiger partial charge in [0.2, 0.25) is 0 Å². The molecule has 3 rings (SSSR count). The van der Waals surface area contributed by atoms with E-state index in [0.717, 1.165) is 50.6 Å². The second-order valence-corrected chi connectivity index (χ2v) is 6.27. The van der Waals surface area contributed by atoms with Gasteiger partial charge in [-0.3, -0.25) is 20.2 Å². The van der Waals surface area contributed by atoms with Crippen molar-refractivity contribution in [3.8, 4) is 0 Å². The lowest BCUT2D eigenvalue weighted by molar-refractivity contribution is -0.385. The van der Waals surface area contributed by atoms with Gasteiger partial charge in [0.1, 0.15) is 0 Å². The first-order valence-electron chi connectivity index (χ1n) is 8.74. The fraction of sp³-hybridized carbons (Fsp3) is 0.333. The summed E-state index contributed by atoms with van der Waals surface area (Å²) in [5.74, 6) is 0. The first-order chi connectivity index (χ1) is 13.0. The molecule has 0 unspecified atom stereocenters. The molecule has 1 N–H and O–H groups in total. The molecule has 0 aromatic heterocycles. The number of benzene rings is 2. The smallest absolute Gasteiger partial charge is 0.269 e. The summed E-state index contributed by atoms with van der Waals surface area (Å²) in [5.41, 5.74) is 2.03. The van der Waals surface area contributed by atoms with Crippen molar-refractivity contribution in [2.45, 2.75) is 0 Å². The van der Waals surface area contributed by atoms with E-state index in [2.05, 4.69) is 15.1 Å². The number of nitrogens with zero attached hydrogens (tertiary/aromatic N) is 4. The third-order valence-corrected chi connectivity index (χ3v) is 4.61.